The molecule has 0 fully saturated rings. The summed E-state index contributed by atoms with van der Waals surface area (Å²) >= 11 is 3.19. The van der Waals surface area contributed by atoms with Crippen LogP contribution < -0.4 is 5.73 Å². The molecule has 2 unspecified atom stereocenters. The van der Waals surface area contributed by atoms with Crippen LogP contribution in [-0.2, 0) is 0 Å². The van der Waals surface area contributed by atoms with Crippen molar-refractivity contribution in [1.82, 2.24) is 4.98 Å². The smallest absolute Gasteiger partial charge is 0.150 e. The molecule has 5 heteroatoms. The fourth-order valence-electron chi connectivity index (χ4n) is 1.66. The Labute approximate surface area is 114 Å². The van der Waals surface area contributed by atoms with E-state index in [9.17, 15) is 4.39 Å². The number of hydrogen-bond acceptors (Lipinski definition) is 4. The summed E-state index contributed by atoms with van der Waals surface area (Å²) < 4.78 is 14.2. The summed E-state index contributed by atoms with van der Waals surface area (Å²) in [5.41, 5.74) is 7.92. The minimum absolute atomic E-state index is 0.0197. The van der Waals surface area contributed by atoms with Crippen molar-refractivity contribution in [1.29, 1.82) is 0 Å². The molecule has 2 atom stereocenters. The number of aryl methyl sites for hydroxylation is 1. The normalized spacial score (nSPS) is 14.4. The van der Waals surface area contributed by atoms with Gasteiger partial charge < -0.3 is 5.73 Å². The summed E-state index contributed by atoms with van der Waals surface area (Å²) in [6.07, 6.45) is 0. The summed E-state index contributed by atoms with van der Waals surface area (Å²) in [6, 6.07) is 6.54. The summed E-state index contributed by atoms with van der Waals surface area (Å²) in [5.74, 6) is -0.228. The Morgan fingerprint density at radius 1 is 1.44 bits per heavy atom. The molecule has 96 valence electrons. The predicted octanol–water partition coefficient (Wildman–Crippen LogP) is 3.77. The second kappa shape index (κ2) is 5.82. The van der Waals surface area contributed by atoms with E-state index in [2.05, 4.69) is 4.98 Å². The van der Waals surface area contributed by atoms with Crippen LogP contribution in [0.15, 0.2) is 34.0 Å². The maximum atomic E-state index is 13.3. The second-order valence-electron chi connectivity index (χ2n) is 4.21. The van der Waals surface area contributed by atoms with E-state index in [0.29, 0.717) is 0 Å². The highest BCUT2D eigenvalue weighted by molar-refractivity contribution is 8.01. The molecule has 2 rings (SSSR count). The number of aromatic nitrogens is 1. The van der Waals surface area contributed by atoms with Crippen molar-refractivity contribution in [3.8, 4) is 0 Å². The molecule has 1 heterocycles. The van der Waals surface area contributed by atoms with Gasteiger partial charge in [-0.25, -0.2) is 9.37 Å². The quantitative estimate of drug-likeness (QED) is 0.868. The van der Waals surface area contributed by atoms with Crippen molar-refractivity contribution in [2.24, 2.45) is 5.73 Å². The molecule has 2 aromatic rings. The molecule has 0 saturated heterocycles. The van der Waals surface area contributed by atoms with E-state index in [1.807, 2.05) is 25.3 Å². The van der Waals surface area contributed by atoms with Crippen LogP contribution in [-0.4, -0.2) is 11.0 Å². The number of nitrogens with two attached hydrogens (primary N) is 1. The summed E-state index contributed by atoms with van der Waals surface area (Å²) in [5, 5.41) is 2.03. The lowest BCUT2D eigenvalue weighted by Gasteiger charge is -2.19. The van der Waals surface area contributed by atoms with Crippen LogP contribution in [0.4, 0.5) is 4.39 Å². The molecule has 2 N–H and O–H groups in total. The lowest BCUT2D eigenvalue weighted by Crippen LogP contribution is -2.22. The highest BCUT2D eigenvalue weighted by Crippen LogP contribution is 2.38. The van der Waals surface area contributed by atoms with Gasteiger partial charge in [-0.2, -0.15) is 0 Å². The number of nitrogens with zero attached hydrogens (tertiary/aromatic N) is 1. The van der Waals surface area contributed by atoms with Gasteiger partial charge in [-0.1, -0.05) is 23.9 Å². The Morgan fingerprint density at radius 2 is 2.22 bits per heavy atom. The second-order valence-corrected chi connectivity index (χ2v) is 6.45. The van der Waals surface area contributed by atoms with Gasteiger partial charge in [0.1, 0.15) is 5.82 Å². The third-order valence-corrected chi connectivity index (χ3v) is 5.06. The maximum absolute atomic E-state index is 13.3. The molecular formula is C13H15FN2S2. The average Bonchev–Trinajstić information content (AvgIpc) is 2.71. The van der Waals surface area contributed by atoms with Crippen molar-refractivity contribution < 1.29 is 4.39 Å². The van der Waals surface area contributed by atoms with Gasteiger partial charge in [-0.15, -0.1) is 11.3 Å². The molecule has 0 bridgehead atoms. The fraction of sp³-hybridized carbons (Fsp3) is 0.308. The van der Waals surface area contributed by atoms with Crippen LogP contribution in [0.5, 0.6) is 0 Å². The minimum Gasteiger partial charge on any atom is -0.327 e. The predicted molar refractivity (Wildman–Crippen MR) is 75.5 cm³/mol. The van der Waals surface area contributed by atoms with E-state index >= 15 is 0 Å². The standard InChI is InChI=1S/C13H15FN2S2/c1-8-7-17-13(16-8)18-12(9(2)15)10-4-3-5-11(14)6-10/h3-7,9,12H,15H2,1-2H3. The lowest BCUT2D eigenvalue weighted by atomic mass is 10.1. The van der Waals surface area contributed by atoms with Crippen LogP contribution in [0.1, 0.15) is 23.4 Å². The van der Waals surface area contributed by atoms with E-state index in [1.54, 1.807) is 35.2 Å². The first-order valence-electron chi connectivity index (χ1n) is 5.66. The Hall–Kier alpha value is -0.910. The van der Waals surface area contributed by atoms with Gasteiger partial charge in [0, 0.05) is 17.1 Å². The monoisotopic (exact) mass is 282 g/mol. The molecule has 0 spiro atoms. The number of halogens is 1. The van der Waals surface area contributed by atoms with Gasteiger partial charge in [0.25, 0.3) is 0 Å². The molecule has 1 aromatic heterocycles. The molecule has 1 aromatic carbocycles. The Morgan fingerprint density at radius 3 is 2.78 bits per heavy atom. The van der Waals surface area contributed by atoms with Crippen LogP contribution in [0.2, 0.25) is 0 Å². The van der Waals surface area contributed by atoms with Crippen LogP contribution in [0.3, 0.4) is 0 Å². The van der Waals surface area contributed by atoms with Gasteiger partial charge in [-0.3, -0.25) is 0 Å². The van der Waals surface area contributed by atoms with Gasteiger partial charge >= 0.3 is 0 Å². The van der Waals surface area contributed by atoms with E-state index in [-0.39, 0.29) is 17.1 Å². The lowest BCUT2D eigenvalue weighted by molar-refractivity contribution is 0.622. The number of thioether (sulfide) groups is 1. The third-order valence-electron chi connectivity index (χ3n) is 2.48. The van der Waals surface area contributed by atoms with Gasteiger partial charge in [0.2, 0.25) is 0 Å². The van der Waals surface area contributed by atoms with Gasteiger partial charge in [0.05, 0.1) is 5.25 Å². The minimum atomic E-state index is -0.228. The topological polar surface area (TPSA) is 38.9 Å². The Bertz CT molecular complexity index is 525. The van der Waals surface area contributed by atoms with Crippen molar-refractivity contribution >= 4 is 23.1 Å². The van der Waals surface area contributed by atoms with Crippen LogP contribution in [0.25, 0.3) is 0 Å². The first-order chi connectivity index (χ1) is 8.56. The highest BCUT2D eigenvalue weighted by Gasteiger charge is 2.19. The fourth-order valence-corrected chi connectivity index (χ4v) is 3.77. The van der Waals surface area contributed by atoms with Crippen LogP contribution in [0, 0.1) is 12.7 Å². The van der Waals surface area contributed by atoms with Crippen molar-refractivity contribution in [3.05, 3.63) is 46.7 Å². The molecule has 2 nitrogen and oxygen atoms in total. The van der Waals surface area contributed by atoms with Crippen molar-refractivity contribution in [3.63, 3.8) is 0 Å². The molecular weight excluding hydrogens is 267 g/mol. The van der Waals surface area contributed by atoms with Crippen LogP contribution >= 0.6 is 23.1 Å². The summed E-state index contributed by atoms with van der Waals surface area (Å²) in [4.78, 5) is 4.41. The zero-order valence-corrected chi connectivity index (χ0v) is 11.9. The van der Waals surface area contributed by atoms with E-state index in [4.69, 9.17) is 5.73 Å². The zero-order chi connectivity index (χ0) is 13.1. The first kappa shape index (κ1) is 13.5. The number of benzene rings is 1. The molecule has 0 saturated carbocycles. The highest BCUT2D eigenvalue weighted by atomic mass is 32.2. The zero-order valence-electron chi connectivity index (χ0n) is 10.3. The SMILES string of the molecule is Cc1csc(SC(c2cccc(F)c2)C(C)N)n1. The molecule has 0 aliphatic rings. The van der Waals surface area contributed by atoms with E-state index in [1.165, 1.54) is 6.07 Å². The number of hydrogen-bond donors (Lipinski definition) is 1. The van der Waals surface area contributed by atoms with Gasteiger partial charge in [0.15, 0.2) is 4.34 Å². The summed E-state index contributed by atoms with van der Waals surface area (Å²) in [7, 11) is 0. The molecule has 0 aliphatic carbocycles. The molecule has 0 radical (unpaired) electrons. The Kier molecular flexibility index (Phi) is 4.37. The first-order valence-corrected chi connectivity index (χ1v) is 7.42. The molecule has 0 aliphatic heterocycles. The van der Waals surface area contributed by atoms with Crippen molar-refractivity contribution in [2.45, 2.75) is 29.5 Å². The average molecular weight is 282 g/mol. The molecule has 18 heavy (non-hydrogen) atoms. The maximum Gasteiger partial charge on any atom is 0.150 e. The van der Waals surface area contributed by atoms with Crippen molar-refractivity contribution in [2.75, 3.05) is 0 Å². The number of rotatable bonds is 4. The van der Waals surface area contributed by atoms with Gasteiger partial charge in [-0.05, 0) is 31.5 Å². The summed E-state index contributed by atoms with van der Waals surface area (Å²) in [6.45, 7) is 3.90. The van der Waals surface area contributed by atoms with E-state index in [0.717, 1.165) is 15.6 Å². The van der Waals surface area contributed by atoms with E-state index < -0.39 is 0 Å². The Balaban J connectivity index is 2.23. The number of thiazole rings is 1. The molecule has 0 amide bonds. The largest absolute Gasteiger partial charge is 0.327 e. The third kappa shape index (κ3) is 3.31.